The Kier molecular flexibility index (Phi) is 4.53. The van der Waals surface area contributed by atoms with E-state index in [4.69, 9.17) is 11.6 Å². The standard InChI is InChI=1S/C17H24ClN3/c1-12(2)21-6-5-13(11-21)8-19-9-14-10-20-17-7-15(18)3-4-16(14)17/h3-4,7,10,12-13,19-20H,5-6,8-9,11H2,1-2H3. The molecule has 1 saturated heterocycles. The van der Waals surface area contributed by atoms with Crippen molar-refractivity contribution < 1.29 is 0 Å². The van der Waals surface area contributed by atoms with E-state index in [9.17, 15) is 0 Å². The zero-order chi connectivity index (χ0) is 14.8. The number of hydrogen-bond acceptors (Lipinski definition) is 2. The SMILES string of the molecule is CC(C)N1CCC(CNCc2c[nH]c3cc(Cl)ccc23)C1. The third-order valence-corrected chi connectivity index (χ3v) is 4.76. The molecule has 0 amide bonds. The highest BCUT2D eigenvalue weighted by Gasteiger charge is 2.23. The summed E-state index contributed by atoms with van der Waals surface area (Å²) in [6.07, 6.45) is 3.40. The summed E-state index contributed by atoms with van der Waals surface area (Å²) >= 11 is 6.02. The molecule has 21 heavy (non-hydrogen) atoms. The Morgan fingerprint density at radius 2 is 2.29 bits per heavy atom. The van der Waals surface area contributed by atoms with Crippen LogP contribution in [-0.4, -0.2) is 35.6 Å². The topological polar surface area (TPSA) is 31.1 Å². The third-order valence-electron chi connectivity index (χ3n) is 4.53. The quantitative estimate of drug-likeness (QED) is 0.883. The second-order valence-electron chi connectivity index (χ2n) is 6.38. The van der Waals surface area contributed by atoms with Gasteiger partial charge in [0.15, 0.2) is 0 Å². The number of nitrogens with zero attached hydrogens (tertiary/aromatic N) is 1. The number of hydrogen-bond donors (Lipinski definition) is 2. The Labute approximate surface area is 131 Å². The molecule has 1 aliphatic rings. The monoisotopic (exact) mass is 305 g/mol. The summed E-state index contributed by atoms with van der Waals surface area (Å²) in [6, 6.07) is 6.71. The van der Waals surface area contributed by atoms with Crippen molar-refractivity contribution in [2.45, 2.75) is 32.9 Å². The Bertz CT molecular complexity index is 605. The first kappa shape index (κ1) is 14.9. The van der Waals surface area contributed by atoms with Crippen LogP contribution in [0.15, 0.2) is 24.4 Å². The van der Waals surface area contributed by atoms with Crippen LogP contribution in [0.5, 0.6) is 0 Å². The van der Waals surface area contributed by atoms with E-state index in [2.05, 4.69) is 41.3 Å². The van der Waals surface area contributed by atoms with Crippen molar-refractivity contribution in [2.24, 2.45) is 5.92 Å². The Morgan fingerprint density at radius 3 is 3.05 bits per heavy atom. The summed E-state index contributed by atoms with van der Waals surface area (Å²) in [4.78, 5) is 5.87. The highest BCUT2D eigenvalue weighted by molar-refractivity contribution is 6.31. The molecule has 4 heteroatoms. The maximum Gasteiger partial charge on any atom is 0.0472 e. The first-order chi connectivity index (χ1) is 10.1. The molecule has 0 bridgehead atoms. The molecule has 2 N–H and O–H groups in total. The first-order valence-electron chi connectivity index (χ1n) is 7.84. The second-order valence-corrected chi connectivity index (χ2v) is 6.81. The minimum atomic E-state index is 0.674. The van der Waals surface area contributed by atoms with Crippen LogP contribution in [-0.2, 0) is 6.54 Å². The number of rotatable bonds is 5. The van der Waals surface area contributed by atoms with E-state index in [1.54, 1.807) is 0 Å². The highest BCUT2D eigenvalue weighted by atomic mass is 35.5. The summed E-state index contributed by atoms with van der Waals surface area (Å²) in [5.41, 5.74) is 2.44. The molecular weight excluding hydrogens is 282 g/mol. The van der Waals surface area contributed by atoms with Crippen molar-refractivity contribution in [3.63, 3.8) is 0 Å². The van der Waals surface area contributed by atoms with Crippen molar-refractivity contribution in [1.29, 1.82) is 0 Å². The van der Waals surface area contributed by atoms with E-state index < -0.39 is 0 Å². The van der Waals surface area contributed by atoms with E-state index in [1.165, 1.54) is 30.5 Å². The van der Waals surface area contributed by atoms with Crippen LogP contribution in [0.25, 0.3) is 10.9 Å². The minimum absolute atomic E-state index is 0.674. The van der Waals surface area contributed by atoms with Gasteiger partial charge in [-0.3, -0.25) is 0 Å². The molecule has 3 nitrogen and oxygen atoms in total. The molecule has 1 aliphatic heterocycles. The number of aromatic amines is 1. The number of likely N-dealkylation sites (tertiary alicyclic amines) is 1. The summed E-state index contributed by atoms with van der Waals surface area (Å²) in [6.45, 7) is 9.06. The molecule has 1 aromatic heterocycles. The van der Waals surface area contributed by atoms with Gasteiger partial charge in [-0.1, -0.05) is 17.7 Å². The van der Waals surface area contributed by atoms with Gasteiger partial charge in [-0.15, -0.1) is 0 Å². The van der Waals surface area contributed by atoms with Gasteiger partial charge in [0.2, 0.25) is 0 Å². The Balaban J connectivity index is 1.53. The number of fused-ring (bicyclic) bond motifs is 1. The number of nitrogens with one attached hydrogen (secondary N) is 2. The van der Waals surface area contributed by atoms with Crippen LogP contribution in [0.2, 0.25) is 5.02 Å². The fourth-order valence-electron chi connectivity index (χ4n) is 3.21. The maximum absolute atomic E-state index is 6.02. The van der Waals surface area contributed by atoms with E-state index in [0.717, 1.165) is 29.5 Å². The van der Waals surface area contributed by atoms with Gasteiger partial charge in [-0.05, 0) is 57.0 Å². The first-order valence-corrected chi connectivity index (χ1v) is 8.21. The molecule has 0 aliphatic carbocycles. The van der Waals surface area contributed by atoms with Crippen molar-refractivity contribution in [3.05, 3.63) is 35.0 Å². The van der Waals surface area contributed by atoms with Gasteiger partial charge in [-0.2, -0.15) is 0 Å². The van der Waals surface area contributed by atoms with Crippen LogP contribution in [0.1, 0.15) is 25.8 Å². The normalized spacial score (nSPS) is 19.9. The van der Waals surface area contributed by atoms with Crippen molar-refractivity contribution >= 4 is 22.5 Å². The largest absolute Gasteiger partial charge is 0.361 e. The second kappa shape index (κ2) is 6.39. The average Bonchev–Trinajstić information content (AvgIpc) is 3.06. The Morgan fingerprint density at radius 1 is 1.43 bits per heavy atom. The van der Waals surface area contributed by atoms with Gasteiger partial charge >= 0.3 is 0 Å². The van der Waals surface area contributed by atoms with Gasteiger partial charge in [0.05, 0.1) is 0 Å². The molecule has 3 rings (SSSR count). The fraction of sp³-hybridized carbons (Fsp3) is 0.529. The average molecular weight is 306 g/mol. The van der Waals surface area contributed by atoms with Gasteiger partial charge in [0.1, 0.15) is 0 Å². The van der Waals surface area contributed by atoms with Crippen LogP contribution >= 0.6 is 11.6 Å². The summed E-state index contributed by atoms with van der Waals surface area (Å²) < 4.78 is 0. The van der Waals surface area contributed by atoms with Gasteiger partial charge in [0.25, 0.3) is 0 Å². The van der Waals surface area contributed by atoms with Crippen LogP contribution < -0.4 is 5.32 Å². The predicted molar refractivity (Wildman–Crippen MR) is 89.8 cm³/mol. The van der Waals surface area contributed by atoms with Crippen molar-refractivity contribution in [1.82, 2.24) is 15.2 Å². The lowest BCUT2D eigenvalue weighted by atomic mass is 10.1. The fourth-order valence-corrected chi connectivity index (χ4v) is 3.39. The third kappa shape index (κ3) is 3.42. The van der Waals surface area contributed by atoms with Crippen molar-refractivity contribution in [2.75, 3.05) is 19.6 Å². The lowest BCUT2D eigenvalue weighted by molar-refractivity contribution is 0.264. The maximum atomic E-state index is 6.02. The number of H-pyrrole nitrogens is 1. The molecule has 1 fully saturated rings. The molecule has 2 aromatic rings. The molecule has 0 radical (unpaired) electrons. The van der Waals surface area contributed by atoms with E-state index in [-0.39, 0.29) is 0 Å². The molecule has 0 saturated carbocycles. The lowest BCUT2D eigenvalue weighted by Gasteiger charge is -2.20. The summed E-state index contributed by atoms with van der Waals surface area (Å²) in [5.74, 6) is 0.784. The number of halogens is 1. The molecule has 1 atom stereocenters. The van der Waals surface area contributed by atoms with Crippen LogP contribution in [0.4, 0.5) is 0 Å². The van der Waals surface area contributed by atoms with Crippen LogP contribution in [0.3, 0.4) is 0 Å². The number of aromatic nitrogens is 1. The van der Waals surface area contributed by atoms with E-state index in [1.807, 2.05) is 12.1 Å². The molecule has 2 heterocycles. The summed E-state index contributed by atoms with van der Waals surface area (Å²) in [5, 5.41) is 5.66. The molecule has 114 valence electrons. The zero-order valence-electron chi connectivity index (χ0n) is 12.8. The smallest absolute Gasteiger partial charge is 0.0472 e. The highest BCUT2D eigenvalue weighted by Crippen LogP contribution is 2.22. The van der Waals surface area contributed by atoms with Crippen LogP contribution in [0, 0.1) is 5.92 Å². The van der Waals surface area contributed by atoms with E-state index in [0.29, 0.717) is 6.04 Å². The predicted octanol–water partition coefficient (Wildman–Crippen LogP) is 3.64. The molecular formula is C17H24ClN3. The van der Waals surface area contributed by atoms with Gasteiger partial charge < -0.3 is 15.2 Å². The lowest BCUT2D eigenvalue weighted by Crippen LogP contribution is -2.30. The number of benzene rings is 1. The van der Waals surface area contributed by atoms with Gasteiger partial charge in [0, 0.05) is 41.3 Å². The molecule has 1 unspecified atom stereocenters. The van der Waals surface area contributed by atoms with E-state index >= 15 is 0 Å². The van der Waals surface area contributed by atoms with Crippen molar-refractivity contribution in [3.8, 4) is 0 Å². The minimum Gasteiger partial charge on any atom is -0.361 e. The zero-order valence-corrected chi connectivity index (χ0v) is 13.6. The summed E-state index contributed by atoms with van der Waals surface area (Å²) in [7, 11) is 0. The van der Waals surface area contributed by atoms with Gasteiger partial charge in [-0.25, -0.2) is 0 Å². The molecule has 1 aromatic carbocycles. The molecule has 0 spiro atoms. The Hall–Kier alpha value is -1.03.